The first-order valence-electron chi connectivity index (χ1n) is 4.95. The van der Waals surface area contributed by atoms with Gasteiger partial charge in [-0.05, 0) is 12.8 Å². The van der Waals surface area contributed by atoms with Crippen LogP contribution in [0, 0.1) is 0 Å². The van der Waals surface area contributed by atoms with E-state index in [2.05, 4.69) is 4.74 Å². The summed E-state index contributed by atoms with van der Waals surface area (Å²) in [4.78, 5) is 19.8. The zero-order valence-corrected chi connectivity index (χ0v) is 9.57. The lowest BCUT2D eigenvalue weighted by Gasteiger charge is -2.26. The molecule has 0 unspecified atom stereocenters. The number of hydrogen-bond acceptors (Lipinski definition) is 5. The number of carboxylic acid groups (broad SMARTS) is 1. The number of carboxylic acids is 1. The molecule has 0 spiro atoms. The fraction of sp³-hybridized carbons (Fsp3) is 0.778. The number of hydrogen-bond donors (Lipinski definition) is 2. The number of carbonyl (C=O) groups is 2. The monoisotopic (exact) mass is 273 g/mol. The molecule has 18 heavy (non-hydrogen) atoms. The summed E-state index contributed by atoms with van der Waals surface area (Å²) in [5.74, 6) is -3.12. The van der Waals surface area contributed by atoms with Gasteiger partial charge in [-0.1, -0.05) is 0 Å². The van der Waals surface area contributed by atoms with Crippen LogP contribution in [0.3, 0.4) is 0 Å². The van der Waals surface area contributed by atoms with Gasteiger partial charge in [0, 0.05) is 12.6 Å². The van der Waals surface area contributed by atoms with Crippen molar-refractivity contribution < 1.29 is 37.3 Å². The maximum Gasteiger partial charge on any atom is 0.490 e. The molecule has 0 aromatic carbocycles. The Morgan fingerprint density at radius 2 is 1.94 bits per heavy atom. The molecule has 9 heteroatoms. The number of aliphatic carboxylic acids is 1. The topological polar surface area (TPSA) is 98.9 Å². The first-order chi connectivity index (χ1) is 8.20. The van der Waals surface area contributed by atoms with Gasteiger partial charge >= 0.3 is 18.1 Å². The van der Waals surface area contributed by atoms with Gasteiger partial charge < -0.3 is 20.3 Å². The van der Waals surface area contributed by atoms with E-state index in [9.17, 15) is 18.0 Å². The van der Waals surface area contributed by atoms with E-state index < -0.39 is 18.2 Å². The van der Waals surface area contributed by atoms with E-state index >= 15 is 0 Å². The van der Waals surface area contributed by atoms with Crippen LogP contribution in [0.5, 0.6) is 0 Å². The summed E-state index contributed by atoms with van der Waals surface area (Å²) in [6, 6.07) is -0.198. The largest absolute Gasteiger partial charge is 0.490 e. The maximum absolute atomic E-state index is 11.0. The summed E-state index contributed by atoms with van der Waals surface area (Å²) in [6.07, 6.45) is -3.87. The molecule has 6 nitrogen and oxygen atoms in total. The molecule has 0 aromatic rings. The molecule has 0 amide bonds. The molecule has 1 heterocycles. The molecule has 106 valence electrons. The van der Waals surface area contributed by atoms with Gasteiger partial charge in [0.15, 0.2) is 6.10 Å². The standard InChI is InChI=1S/C7H13NO3.C2HF3O2/c1-10-7(9)6-5(8)3-2-4-11-6;3-2(4,5)1(6)7/h5-6H,2-4,8H2,1H3;(H,6,7)/t5-,6-;/m0./s1. The number of ether oxygens (including phenoxy) is 2. The fourth-order valence-corrected chi connectivity index (χ4v) is 1.16. The summed E-state index contributed by atoms with van der Waals surface area (Å²) in [5, 5.41) is 7.12. The Bertz CT molecular complexity index is 294. The first-order valence-corrected chi connectivity index (χ1v) is 4.95. The highest BCUT2D eigenvalue weighted by atomic mass is 19.4. The highest BCUT2D eigenvalue weighted by Crippen LogP contribution is 2.13. The Morgan fingerprint density at radius 1 is 1.44 bits per heavy atom. The van der Waals surface area contributed by atoms with Crippen molar-refractivity contribution in [2.24, 2.45) is 5.73 Å². The second kappa shape index (κ2) is 7.17. The minimum atomic E-state index is -5.08. The number of carbonyl (C=O) groups excluding carboxylic acids is 1. The van der Waals surface area contributed by atoms with E-state index in [1.165, 1.54) is 7.11 Å². The van der Waals surface area contributed by atoms with Crippen LogP contribution < -0.4 is 5.73 Å². The smallest absolute Gasteiger partial charge is 0.475 e. The number of methoxy groups -OCH3 is 1. The van der Waals surface area contributed by atoms with E-state index in [4.69, 9.17) is 20.4 Å². The van der Waals surface area contributed by atoms with Gasteiger partial charge in [-0.15, -0.1) is 0 Å². The lowest BCUT2D eigenvalue weighted by atomic mass is 10.0. The normalized spacial score (nSPS) is 23.6. The summed E-state index contributed by atoms with van der Waals surface area (Å²) in [6.45, 7) is 0.605. The van der Waals surface area contributed by atoms with Crippen LogP contribution in [-0.2, 0) is 19.1 Å². The van der Waals surface area contributed by atoms with E-state index in [1.54, 1.807) is 0 Å². The maximum atomic E-state index is 11.0. The molecular weight excluding hydrogens is 259 g/mol. The van der Waals surface area contributed by atoms with Crippen molar-refractivity contribution in [3.05, 3.63) is 0 Å². The molecule has 2 atom stereocenters. The van der Waals surface area contributed by atoms with Crippen LogP contribution in [0.15, 0.2) is 0 Å². The third kappa shape index (κ3) is 5.82. The molecular formula is C9H14F3NO5. The van der Waals surface area contributed by atoms with E-state index in [1.807, 2.05) is 0 Å². The van der Waals surface area contributed by atoms with E-state index in [0.717, 1.165) is 12.8 Å². The molecule has 0 aliphatic carbocycles. The van der Waals surface area contributed by atoms with Crippen LogP contribution in [0.4, 0.5) is 13.2 Å². The summed E-state index contributed by atoms with van der Waals surface area (Å²) < 4.78 is 41.4. The Hall–Kier alpha value is -1.35. The number of halogens is 3. The lowest BCUT2D eigenvalue weighted by molar-refractivity contribution is -0.192. The Kier molecular flexibility index (Phi) is 6.63. The molecule has 0 radical (unpaired) electrons. The van der Waals surface area contributed by atoms with E-state index in [-0.39, 0.29) is 12.0 Å². The molecule has 1 rings (SSSR count). The summed E-state index contributed by atoms with van der Waals surface area (Å²) in [5.41, 5.74) is 5.63. The molecule has 1 saturated heterocycles. The predicted octanol–water partition coefficient (Wildman–Crippen LogP) is 0.299. The van der Waals surface area contributed by atoms with Crippen molar-refractivity contribution in [3.63, 3.8) is 0 Å². The highest BCUT2D eigenvalue weighted by molar-refractivity contribution is 5.75. The van der Waals surface area contributed by atoms with Gasteiger partial charge in [-0.2, -0.15) is 13.2 Å². The molecule has 0 aromatic heterocycles. The van der Waals surface area contributed by atoms with Gasteiger partial charge in [0.25, 0.3) is 0 Å². The second-order valence-corrected chi connectivity index (χ2v) is 3.42. The summed E-state index contributed by atoms with van der Waals surface area (Å²) >= 11 is 0. The fourth-order valence-electron chi connectivity index (χ4n) is 1.16. The predicted molar refractivity (Wildman–Crippen MR) is 52.7 cm³/mol. The highest BCUT2D eigenvalue weighted by Gasteiger charge is 2.38. The average molecular weight is 273 g/mol. The number of alkyl halides is 3. The van der Waals surface area contributed by atoms with Crippen molar-refractivity contribution in [1.29, 1.82) is 0 Å². The van der Waals surface area contributed by atoms with Crippen molar-refractivity contribution in [1.82, 2.24) is 0 Å². The zero-order valence-electron chi connectivity index (χ0n) is 9.57. The second-order valence-electron chi connectivity index (χ2n) is 3.42. The first kappa shape index (κ1) is 16.6. The van der Waals surface area contributed by atoms with Crippen molar-refractivity contribution in [2.45, 2.75) is 31.2 Å². The van der Waals surface area contributed by atoms with Crippen LogP contribution >= 0.6 is 0 Å². The van der Waals surface area contributed by atoms with Crippen LogP contribution in [0.25, 0.3) is 0 Å². The van der Waals surface area contributed by atoms with Gasteiger partial charge in [-0.3, -0.25) is 0 Å². The number of esters is 1. The number of rotatable bonds is 1. The molecule has 0 bridgehead atoms. The van der Waals surface area contributed by atoms with Crippen LogP contribution in [0.1, 0.15) is 12.8 Å². The minimum Gasteiger partial charge on any atom is -0.475 e. The zero-order chi connectivity index (χ0) is 14.3. The Morgan fingerprint density at radius 3 is 2.28 bits per heavy atom. The van der Waals surface area contributed by atoms with Crippen LogP contribution in [-0.4, -0.2) is 49.1 Å². The van der Waals surface area contributed by atoms with Crippen molar-refractivity contribution >= 4 is 11.9 Å². The SMILES string of the molecule is COC(=O)[C@H]1OCCC[C@@H]1N.O=C(O)C(F)(F)F. The Labute approximate surface area is 101 Å². The molecule has 1 aliphatic rings. The van der Waals surface area contributed by atoms with Gasteiger partial charge in [0.05, 0.1) is 7.11 Å². The molecule has 3 N–H and O–H groups in total. The third-order valence-corrected chi connectivity index (χ3v) is 2.04. The van der Waals surface area contributed by atoms with E-state index in [0.29, 0.717) is 6.61 Å². The average Bonchev–Trinajstić information content (AvgIpc) is 2.28. The molecule has 1 aliphatic heterocycles. The summed E-state index contributed by atoms with van der Waals surface area (Å²) in [7, 11) is 1.34. The quantitative estimate of drug-likeness (QED) is 0.667. The van der Waals surface area contributed by atoms with Gasteiger partial charge in [-0.25, -0.2) is 9.59 Å². The minimum absolute atomic E-state index is 0.198. The lowest BCUT2D eigenvalue weighted by Crippen LogP contribution is -2.46. The van der Waals surface area contributed by atoms with Gasteiger partial charge in [0.1, 0.15) is 0 Å². The van der Waals surface area contributed by atoms with Crippen LogP contribution in [0.2, 0.25) is 0 Å². The van der Waals surface area contributed by atoms with Crippen molar-refractivity contribution in [3.8, 4) is 0 Å². The molecule has 0 saturated carbocycles. The number of nitrogens with two attached hydrogens (primary N) is 1. The molecule has 1 fully saturated rings. The van der Waals surface area contributed by atoms with Crippen molar-refractivity contribution in [2.75, 3.05) is 13.7 Å². The Balaban J connectivity index is 0.000000360. The van der Waals surface area contributed by atoms with Gasteiger partial charge in [0.2, 0.25) is 0 Å². The third-order valence-electron chi connectivity index (χ3n) is 2.04.